The molecule has 0 radical (unpaired) electrons. The fraction of sp³-hybridized carbons (Fsp3) is 0.0417. The number of halogens is 1. The summed E-state index contributed by atoms with van der Waals surface area (Å²) < 4.78 is 14.0. The molecule has 4 rings (SSSR count). The highest BCUT2D eigenvalue weighted by Crippen LogP contribution is 2.30. The van der Waals surface area contributed by atoms with Gasteiger partial charge in [-0.15, -0.1) is 11.3 Å². The lowest BCUT2D eigenvalue weighted by molar-refractivity contribution is 0.0949. The van der Waals surface area contributed by atoms with Gasteiger partial charge < -0.3 is 10.6 Å². The number of benzene rings is 2. The standard InChI is InChI=1S/C24H18FN3O2S/c25-20-10-2-1-9-19(20)21-11-12-22(31-21)24(30)28-17-8-5-6-16(14-17)23(29)27-15-18-7-3-4-13-26-18/h1-14H,15H2,(H,27,29)(H,28,30). The van der Waals surface area contributed by atoms with Crippen LogP contribution in [0.3, 0.4) is 0 Å². The van der Waals surface area contributed by atoms with Gasteiger partial charge in [-0.1, -0.05) is 30.3 Å². The zero-order valence-electron chi connectivity index (χ0n) is 16.3. The van der Waals surface area contributed by atoms with Crippen molar-refractivity contribution in [2.24, 2.45) is 0 Å². The predicted molar refractivity (Wildman–Crippen MR) is 120 cm³/mol. The number of aromatic nitrogens is 1. The molecule has 0 saturated carbocycles. The van der Waals surface area contributed by atoms with E-state index in [4.69, 9.17) is 0 Å². The molecule has 2 amide bonds. The molecule has 0 aliphatic rings. The van der Waals surface area contributed by atoms with Gasteiger partial charge >= 0.3 is 0 Å². The summed E-state index contributed by atoms with van der Waals surface area (Å²) in [5.74, 6) is -0.918. The second-order valence-electron chi connectivity index (χ2n) is 6.68. The van der Waals surface area contributed by atoms with Crippen molar-refractivity contribution in [3.8, 4) is 10.4 Å². The first kappa shape index (κ1) is 20.4. The lowest BCUT2D eigenvalue weighted by Crippen LogP contribution is -2.23. The summed E-state index contributed by atoms with van der Waals surface area (Å²) in [4.78, 5) is 30.4. The fourth-order valence-electron chi connectivity index (χ4n) is 2.97. The number of thiophene rings is 1. The maximum absolute atomic E-state index is 14.0. The monoisotopic (exact) mass is 431 g/mol. The topological polar surface area (TPSA) is 71.1 Å². The molecule has 0 fully saturated rings. The number of nitrogens with zero attached hydrogens (tertiary/aromatic N) is 1. The Morgan fingerprint density at radius 3 is 2.55 bits per heavy atom. The highest BCUT2D eigenvalue weighted by molar-refractivity contribution is 7.17. The fourth-order valence-corrected chi connectivity index (χ4v) is 3.90. The highest BCUT2D eigenvalue weighted by Gasteiger charge is 2.14. The normalized spacial score (nSPS) is 10.5. The van der Waals surface area contributed by atoms with Crippen LogP contribution in [0.2, 0.25) is 0 Å². The minimum atomic E-state index is -0.333. The number of hydrogen-bond donors (Lipinski definition) is 2. The largest absolute Gasteiger partial charge is 0.346 e. The van der Waals surface area contributed by atoms with Crippen molar-refractivity contribution >= 4 is 28.8 Å². The molecule has 5 nitrogen and oxygen atoms in total. The van der Waals surface area contributed by atoms with Crippen LogP contribution in [-0.2, 0) is 6.54 Å². The van der Waals surface area contributed by atoms with Gasteiger partial charge in [0, 0.05) is 27.9 Å². The molecule has 31 heavy (non-hydrogen) atoms. The molecule has 2 N–H and O–H groups in total. The predicted octanol–water partition coefficient (Wildman–Crippen LogP) is 5.13. The van der Waals surface area contributed by atoms with Gasteiger partial charge in [-0.05, 0) is 48.5 Å². The second-order valence-corrected chi connectivity index (χ2v) is 7.77. The van der Waals surface area contributed by atoms with E-state index in [1.54, 1.807) is 60.8 Å². The van der Waals surface area contributed by atoms with Gasteiger partial charge in [0.1, 0.15) is 5.82 Å². The van der Waals surface area contributed by atoms with E-state index >= 15 is 0 Å². The lowest BCUT2D eigenvalue weighted by atomic mass is 10.2. The van der Waals surface area contributed by atoms with Gasteiger partial charge in [0.2, 0.25) is 0 Å². The molecular weight excluding hydrogens is 413 g/mol. The average molecular weight is 431 g/mol. The molecule has 0 atom stereocenters. The first-order chi connectivity index (χ1) is 15.1. The Bertz CT molecular complexity index is 1220. The zero-order valence-corrected chi connectivity index (χ0v) is 17.2. The SMILES string of the molecule is O=C(NCc1ccccn1)c1cccc(NC(=O)c2ccc(-c3ccccc3F)s2)c1. The van der Waals surface area contributed by atoms with Crippen LogP contribution in [0.25, 0.3) is 10.4 Å². The van der Waals surface area contributed by atoms with Gasteiger partial charge in [0.25, 0.3) is 11.8 Å². The van der Waals surface area contributed by atoms with Gasteiger partial charge in [0.15, 0.2) is 0 Å². The van der Waals surface area contributed by atoms with Crippen molar-refractivity contribution in [2.75, 3.05) is 5.32 Å². The zero-order chi connectivity index (χ0) is 21.6. The van der Waals surface area contributed by atoms with Crippen molar-refractivity contribution in [2.45, 2.75) is 6.54 Å². The molecule has 0 saturated heterocycles. The quantitative estimate of drug-likeness (QED) is 0.445. The van der Waals surface area contributed by atoms with Crippen molar-refractivity contribution in [3.63, 3.8) is 0 Å². The Morgan fingerprint density at radius 1 is 0.903 bits per heavy atom. The Labute approximate surface area is 182 Å². The first-order valence-electron chi connectivity index (χ1n) is 9.54. The Hall–Kier alpha value is -3.84. The summed E-state index contributed by atoms with van der Waals surface area (Å²) in [6, 6.07) is 22.0. The Kier molecular flexibility index (Phi) is 6.14. The van der Waals surface area contributed by atoms with E-state index < -0.39 is 0 Å². The smallest absolute Gasteiger partial charge is 0.265 e. The molecule has 2 aromatic heterocycles. The summed E-state index contributed by atoms with van der Waals surface area (Å²) in [5.41, 5.74) is 2.13. The van der Waals surface area contributed by atoms with Crippen LogP contribution < -0.4 is 10.6 Å². The first-order valence-corrected chi connectivity index (χ1v) is 10.4. The van der Waals surface area contributed by atoms with E-state index in [9.17, 15) is 14.0 Å². The molecule has 154 valence electrons. The van der Waals surface area contributed by atoms with E-state index in [0.29, 0.717) is 33.1 Å². The number of anilines is 1. The maximum Gasteiger partial charge on any atom is 0.265 e. The van der Waals surface area contributed by atoms with Crippen LogP contribution >= 0.6 is 11.3 Å². The van der Waals surface area contributed by atoms with E-state index in [1.807, 2.05) is 18.2 Å². The number of carbonyl (C=O) groups excluding carboxylic acids is 2. The van der Waals surface area contributed by atoms with Crippen LogP contribution in [-0.4, -0.2) is 16.8 Å². The number of carbonyl (C=O) groups is 2. The number of pyridine rings is 1. The maximum atomic E-state index is 14.0. The summed E-state index contributed by atoms with van der Waals surface area (Å²) >= 11 is 1.21. The second kappa shape index (κ2) is 9.32. The third-order valence-electron chi connectivity index (χ3n) is 4.51. The third kappa shape index (κ3) is 5.02. The molecule has 0 unspecified atom stereocenters. The van der Waals surface area contributed by atoms with Crippen LogP contribution in [0, 0.1) is 5.82 Å². The van der Waals surface area contributed by atoms with Crippen LogP contribution in [0.1, 0.15) is 25.7 Å². The molecule has 2 heterocycles. The van der Waals surface area contributed by atoms with Crippen LogP contribution in [0.4, 0.5) is 10.1 Å². The molecule has 0 aliphatic heterocycles. The molecule has 4 aromatic rings. The number of amides is 2. The van der Waals surface area contributed by atoms with Crippen LogP contribution in [0.5, 0.6) is 0 Å². The van der Waals surface area contributed by atoms with Crippen molar-refractivity contribution < 1.29 is 14.0 Å². The summed E-state index contributed by atoms with van der Waals surface area (Å²) in [7, 11) is 0. The van der Waals surface area contributed by atoms with E-state index in [1.165, 1.54) is 17.4 Å². The summed E-state index contributed by atoms with van der Waals surface area (Å²) in [6.07, 6.45) is 1.67. The third-order valence-corrected chi connectivity index (χ3v) is 5.63. The van der Waals surface area contributed by atoms with Gasteiger partial charge in [0.05, 0.1) is 17.1 Å². The molecule has 7 heteroatoms. The van der Waals surface area contributed by atoms with Gasteiger partial charge in [-0.25, -0.2) is 4.39 Å². The minimum Gasteiger partial charge on any atom is -0.346 e. The lowest BCUT2D eigenvalue weighted by Gasteiger charge is -2.08. The van der Waals surface area contributed by atoms with Crippen molar-refractivity contribution in [1.82, 2.24) is 10.3 Å². The number of nitrogens with one attached hydrogen (secondary N) is 2. The highest BCUT2D eigenvalue weighted by atomic mass is 32.1. The van der Waals surface area contributed by atoms with Crippen LogP contribution in [0.15, 0.2) is 85.1 Å². The van der Waals surface area contributed by atoms with E-state index in [2.05, 4.69) is 15.6 Å². The number of rotatable bonds is 6. The van der Waals surface area contributed by atoms with Crippen molar-refractivity contribution in [1.29, 1.82) is 0 Å². The average Bonchev–Trinajstić information content (AvgIpc) is 3.29. The van der Waals surface area contributed by atoms with Crippen molar-refractivity contribution in [3.05, 3.63) is 107 Å². The number of hydrogen-bond acceptors (Lipinski definition) is 4. The summed E-state index contributed by atoms with van der Waals surface area (Å²) in [6.45, 7) is 0.310. The minimum absolute atomic E-state index is 0.264. The van der Waals surface area contributed by atoms with Gasteiger partial charge in [-0.3, -0.25) is 14.6 Å². The molecule has 0 spiro atoms. The molecule has 0 bridgehead atoms. The van der Waals surface area contributed by atoms with Gasteiger partial charge in [-0.2, -0.15) is 0 Å². The Balaban J connectivity index is 1.42. The van der Waals surface area contributed by atoms with E-state index in [0.717, 1.165) is 5.69 Å². The molecule has 0 aliphatic carbocycles. The molecule has 2 aromatic carbocycles. The Morgan fingerprint density at radius 2 is 1.74 bits per heavy atom. The summed E-state index contributed by atoms with van der Waals surface area (Å²) in [5, 5.41) is 5.60. The van der Waals surface area contributed by atoms with E-state index in [-0.39, 0.29) is 17.6 Å². The molecular formula is C24H18FN3O2S.